The van der Waals surface area contributed by atoms with Gasteiger partial charge in [0.1, 0.15) is 0 Å². The summed E-state index contributed by atoms with van der Waals surface area (Å²) in [6.45, 7) is 5.95. The van der Waals surface area contributed by atoms with Gasteiger partial charge in [-0.3, -0.25) is 4.99 Å². The van der Waals surface area contributed by atoms with Crippen molar-refractivity contribution < 1.29 is 4.74 Å². The molecule has 1 N–H and O–H groups in total. The van der Waals surface area contributed by atoms with Crippen molar-refractivity contribution in [3.63, 3.8) is 0 Å². The van der Waals surface area contributed by atoms with E-state index in [0.717, 1.165) is 56.7 Å². The average Bonchev–Trinajstić information content (AvgIpc) is 3.02. The Kier molecular flexibility index (Phi) is 8.53. The second-order valence-electron chi connectivity index (χ2n) is 6.58. The van der Waals surface area contributed by atoms with Gasteiger partial charge in [0.15, 0.2) is 5.96 Å². The molecule has 0 amide bonds. The fourth-order valence-corrected chi connectivity index (χ4v) is 3.84. The van der Waals surface area contributed by atoms with E-state index in [1.54, 1.807) is 11.3 Å². The lowest BCUT2D eigenvalue weighted by atomic mass is 9.96. The summed E-state index contributed by atoms with van der Waals surface area (Å²) in [4.78, 5) is 11.2. The Bertz CT molecular complexity index is 497. The maximum absolute atomic E-state index is 5.43. The molecule has 1 aromatic rings. The van der Waals surface area contributed by atoms with E-state index >= 15 is 0 Å². The topological polar surface area (TPSA) is 49.8 Å². The van der Waals surface area contributed by atoms with Gasteiger partial charge in [0.25, 0.3) is 0 Å². The van der Waals surface area contributed by atoms with Gasteiger partial charge in [-0.05, 0) is 51.4 Å². The monoisotopic (exact) mass is 352 g/mol. The van der Waals surface area contributed by atoms with Gasteiger partial charge in [-0.15, -0.1) is 11.3 Å². The van der Waals surface area contributed by atoms with Crippen LogP contribution in [0.15, 0.2) is 10.4 Å². The van der Waals surface area contributed by atoms with Gasteiger partial charge in [-0.1, -0.05) is 0 Å². The van der Waals surface area contributed by atoms with Gasteiger partial charge in [-0.25, -0.2) is 4.98 Å². The molecule has 1 aliphatic heterocycles. The van der Waals surface area contributed by atoms with E-state index in [4.69, 9.17) is 4.74 Å². The van der Waals surface area contributed by atoms with Crippen molar-refractivity contribution in [2.24, 2.45) is 10.9 Å². The zero-order chi connectivity index (χ0) is 17.2. The van der Waals surface area contributed by atoms with Crippen LogP contribution in [0.2, 0.25) is 0 Å². The van der Waals surface area contributed by atoms with E-state index in [0.29, 0.717) is 0 Å². The summed E-state index contributed by atoms with van der Waals surface area (Å²) < 4.78 is 5.43. The van der Waals surface area contributed by atoms with Gasteiger partial charge >= 0.3 is 0 Å². The van der Waals surface area contributed by atoms with Crippen molar-refractivity contribution in [2.75, 3.05) is 40.4 Å². The Morgan fingerprint density at radius 3 is 2.88 bits per heavy atom. The number of aliphatic imine (C=N–C) groups is 1. The molecule has 0 unspecified atom stereocenters. The van der Waals surface area contributed by atoms with Crippen LogP contribution in [0.1, 0.15) is 42.8 Å². The smallest absolute Gasteiger partial charge is 0.193 e. The number of thiazole rings is 1. The standard InChI is InChI=1S/C18H32N4OS/c1-15-14-24-17(21-15)6-4-5-10-20-18(19-2)22(3)11-7-16-8-12-23-13-9-16/h14,16H,4-13H2,1-3H3,(H,19,20). The van der Waals surface area contributed by atoms with Crippen LogP contribution in [0, 0.1) is 12.8 Å². The summed E-state index contributed by atoms with van der Waals surface area (Å²) in [5.74, 6) is 1.81. The molecule has 136 valence electrons. The molecule has 2 rings (SSSR count). The highest BCUT2D eigenvalue weighted by atomic mass is 32.1. The maximum Gasteiger partial charge on any atom is 0.193 e. The van der Waals surface area contributed by atoms with E-state index in [1.165, 1.54) is 30.7 Å². The van der Waals surface area contributed by atoms with Gasteiger partial charge in [-0.2, -0.15) is 0 Å². The zero-order valence-corrected chi connectivity index (χ0v) is 16.2. The lowest BCUT2D eigenvalue weighted by Gasteiger charge is -2.26. The Labute approximate surface area is 150 Å². The second kappa shape index (κ2) is 10.7. The van der Waals surface area contributed by atoms with Gasteiger partial charge in [0, 0.05) is 51.5 Å². The number of unbranched alkanes of at least 4 members (excludes halogenated alkanes) is 1. The quantitative estimate of drug-likeness (QED) is 0.444. The van der Waals surface area contributed by atoms with Gasteiger partial charge in [0.05, 0.1) is 5.01 Å². The molecule has 0 spiro atoms. The maximum atomic E-state index is 5.43. The third-order valence-electron chi connectivity index (χ3n) is 4.55. The molecule has 1 aliphatic rings. The van der Waals surface area contributed by atoms with E-state index in [9.17, 15) is 0 Å². The summed E-state index contributed by atoms with van der Waals surface area (Å²) in [6.07, 6.45) is 7.03. The summed E-state index contributed by atoms with van der Waals surface area (Å²) >= 11 is 1.77. The summed E-state index contributed by atoms with van der Waals surface area (Å²) in [6, 6.07) is 0. The molecule has 0 aromatic carbocycles. The van der Waals surface area contributed by atoms with E-state index in [2.05, 4.69) is 39.5 Å². The first-order valence-corrected chi connectivity index (χ1v) is 9.97. The molecule has 5 nitrogen and oxygen atoms in total. The average molecular weight is 353 g/mol. The van der Waals surface area contributed by atoms with Crippen molar-refractivity contribution in [2.45, 2.75) is 45.4 Å². The second-order valence-corrected chi connectivity index (χ2v) is 7.52. The van der Waals surface area contributed by atoms with Crippen LogP contribution in [0.25, 0.3) is 0 Å². The molecular weight excluding hydrogens is 320 g/mol. The molecule has 0 radical (unpaired) electrons. The highest BCUT2D eigenvalue weighted by Crippen LogP contribution is 2.18. The first-order chi connectivity index (χ1) is 11.7. The van der Waals surface area contributed by atoms with E-state index in [-0.39, 0.29) is 0 Å². The lowest BCUT2D eigenvalue weighted by molar-refractivity contribution is 0.0625. The SMILES string of the molecule is CN=C(NCCCCc1nc(C)cs1)N(C)CCC1CCOCC1. The fourth-order valence-electron chi connectivity index (χ4n) is 3.02. The number of aromatic nitrogens is 1. The molecule has 0 saturated carbocycles. The zero-order valence-electron chi connectivity index (χ0n) is 15.4. The van der Waals surface area contributed by atoms with Crippen LogP contribution in [-0.2, 0) is 11.2 Å². The number of ether oxygens (including phenoxy) is 1. The highest BCUT2D eigenvalue weighted by Gasteiger charge is 2.15. The summed E-state index contributed by atoms with van der Waals surface area (Å²) in [5, 5.41) is 6.87. The highest BCUT2D eigenvalue weighted by molar-refractivity contribution is 7.09. The molecule has 0 aliphatic carbocycles. The summed E-state index contributed by atoms with van der Waals surface area (Å²) in [5.41, 5.74) is 1.14. The largest absolute Gasteiger partial charge is 0.381 e. The van der Waals surface area contributed by atoms with Crippen molar-refractivity contribution in [1.29, 1.82) is 0 Å². The third kappa shape index (κ3) is 6.77. The van der Waals surface area contributed by atoms with E-state index in [1.807, 2.05) is 7.05 Å². The number of nitrogens with zero attached hydrogens (tertiary/aromatic N) is 3. The van der Waals surface area contributed by atoms with Gasteiger partial charge in [0.2, 0.25) is 0 Å². The molecule has 6 heteroatoms. The number of rotatable bonds is 8. The third-order valence-corrected chi connectivity index (χ3v) is 5.58. The first kappa shape index (κ1) is 19.2. The molecule has 0 atom stereocenters. The number of guanidine groups is 1. The molecule has 1 saturated heterocycles. The molecular formula is C18H32N4OS. The van der Waals surface area contributed by atoms with Crippen molar-refractivity contribution in [3.05, 3.63) is 16.1 Å². The Hall–Kier alpha value is -1.14. The fraction of sp³-hybridized carbons (Fsp3) is 0.778. The lowest BCUT2D eigenvalue weighted by Crippen LogP contribution is -2.40. The van der Waals surface area contributed by atoms with Crippen LogP contribution < -0.4 is 5.32 Å². The number of aryl methyl sites for hydroxylation is 2. The minimum atomic E-state index is 0.807. The van der Waals surface area contributed by atoms with Crippen LogP contribution in [0.5, 0.6) is 0 Å². The summed E-state index contributed by atoms with van der Waals surface area (Å²) in [7, 11) is 4.00. The van der Waals surface area contributed by atoms with Crippen LogP contribution in [0.3, 0.4) is 0 Å². The molecule has 1 aromatic heterocycles. The van der Waals surface area contributed by atoms with Gasteiger partial charge < -0.3 is 15.0 Å². The predicted molar refractivity (Wildman–Crippen MR) is 102 cm³/mol. The molecule has 0 bridgehead atoms. The Balaban J connectivity index is 1.58. The van der Waals surface area contributed by atoms with Crippen molar-refractivity contribution in [1.82, 2.24) is 15.2 Å². The number of hydrogen-bond acceptors (Lipinski definition) is 4. The first-order valence-electron chi connectivity index (χ1n) is 9.09. The van der Waals surface area contributed by atoms with Crippen LogP contribution in [-0.4, -0.2) is 56.2 Å². The minimum absolute atomic E-state index is 0.807. The van der Waals surface area contributed by atoms with Crippen molar-refractivity contribution in [3.8, 4) is 0 Å². The molecule has 2 heterocycles. The molecule has 1 fully saturated rings. The van der Waals surface area contributed by atoms with Crippen LogP contribution >= 0.6 is 11.3 Å². The number of hydrogen-bond donors (Lipinski definition) is 1. The normalized spacial score (nSPS) is 16.4. The predicted octanol–water partition coefficient (Wildman–Crippen LogP) is 3.10. The van der Waals surface area contributed by atoms with Crippen LogP contribution in [0.4, 0.5) is 0 Å². The Morgan fingerprint density at radius 1 is 1.42 bits per heavy atom. The number of nitrogens with one attached hydrogen (secondary N) is 1. The Morgan fingerprint density at radius 2 is 2.21 bits per heavy atom. The van der Waals surface area contributed by atoms with E-state index < -0.39 is 0 Å². The molecule has 24 heavy (non-hydrogen) atoms. The minimum Gasteiger partial charge on any atom is -0.381 e. The van der Waals surface area contributed by atoms with Crippen molar-refractivity contribution >= 4 is 17.3 Å².